The molecule has 0 aliphatic heterocycles. The number of carbonyl (C=O) groups is 2. The van der Waals surface area contributed by atoms with Crippen molar-refractivity contribution in [2.75, 3.05) is 26.8 Å². The van der Waals surface area contributed by atoms with Crippen LogP contribution in [-0.4, -0.2) is 59.8 Å². The van der Waals surface area contributed by atoms with Gasteiger partial charge in [-0.2, -0.15) is 0 Å². The van der Waals surface area contributed by atoms with Gasteiger partial charge in [0, 0.05) is 13.6 Å². The molecule has 0 aromatic rings. The van der Waals surface area contributed by atoms with E-state index in [2.05, 4.69) is 5.32 Å². The Morgan fingerprint density at radius 1 is 1.40 bits per heavy atom. The van der Waals surface area contributed by atoms with Gasteiger partial charge in [0.05, 0.1) is 19.3 Å². The van der Waals surface area contributed by atoms with Crippen molar-refractivity contribution in [2.45, 2.75) is 19.4 Å². The standard InChI is InChI=1S/C9H18N2O4/c1-3-7(6-13)10-8(14)9(15)11(2)4-5-12/h7,12-13H,3-6H2,1-2H3,(H,10,14). The molecule has 0 radical (unpaired) electrons. The largest absolute Gasteiger partial charge is 0.395 e. The third kappa shape index (κ3) is 4.75. The average Bonchev–Trinajstić information content (AvgIpc) is 2.24. The van der Waals surface area contributed by atoms with Crippen LogP contribution in [0.1, 0.15) is 13.3 Å². The van der Waals surface area contributed by atoms with Gasteiger partial charge in [-0.15, -0.1) is 0 Å². The van der Waals surface area contributed by atoms with Crippen LogP contribution >= 0.6 is 0 Å². The lowest BCUT2D eigenvalue weighted by molar-refractivity contribution is -0.145. The molecule has 0 aliphatic carbocycles. The lowest BCUT2D eigenvalue weighted by Crippen LogP contribution is -2.46. The van der Waals surface area contributed by atoms with E-state index in [9.17, 15) is 9.59 Å². The van der Waals surface area contributed by atoms with E-state index < -0.39 is 17.9 Å². The summed E-state index contributed by atoms with van der Waals surface area (Å²) in [6, 6.07) is -0.399. The Balaban J connectivity index is 4.14. The van der Waals surface area contributed by atoms with E-state index in [0.717, 1.165) is 4.90 Å². The van der Waals surface area contributed by atoms with Crippen molar-refractivity contribution in [1.82, 2.24) is 10.2 Å². The lowest BCUT2D eigenvalue weighted by Gasteiger charge is -2.18. The quantitative estimate of drug-likeness (QED) is 0.481. The highest BCUT2D eigenvalue weighted by Gasteiger charge is 2.20. The van der Waals surface area contributed by atoms with Crippen molar-refractivity contribution in [2.24, 2.45) is 0 Å². The number of likely N-dealkylation sites (N-methyl/N-ethyl adjacent to an activating group) is 1. The van der Waals surface area contributed by atoms with E-state index in [1.807, 2.05) is 0 Å². The van der Waals surface area contributed by atoms with E-state index in [0.29, 0.717) is 6.42 Å². The van der Waals surface area contributed by atoms with Crippen molar-refractivity contribution in [3.8, 4) is 0 Å². The van der Waals surface area contributed by atoms with Crippen molar-refractivity contribution in [3.63, 3.8) is 0 Å². The highest BCUT2D eigenvalue weighted by atomic mass is 16.3. The van der Waals surface area contributed by atoms with Crippen LogP contribution in [0, 0.1) is 0 Å². The Morgan fingerprint density at radius 2 is 2.00 bits per heavy atom. The molecule has 0 rings (SSSR count). The number of rotatable bonds is 5. The molecule has 1 atom stereocenters. The van der Waals surface area contributed by atoms with Gasteiger partial charge in [-0.1, -0.05) is 6.92 Å². The fraction of sp³-hybridized carbons (Fsp3) is 0.778. The topological polar surface area (TPSA) is 89.9 Å². The van der Waals surface area contributed by atoms with Gasteiger partial charge in [0.1, 0.15) is 0 Å². The minimum Gasteiger partial charge on any atom is -0.395 e. The fourth-order valence-electron chi connectivity index (χ4n) is 0.949. The molecule has 15 heavy (non-hydrogen) atoms. The number of hydrogen-bond donors (Lipinski definition) is 3. The highest BCUT2D eigenvalue weighted by Crippen LogP contribution is 1.91. The molecule has 6 nitrogen and oxygen atoms in total. The van der Waals surface area contributed by atoms with Crippen LogP contribution in [-0.2, 0) is 9.59 Å². The van der Waals surface area contributed by atoms with Crippen molar-refractivity contribution in [3.05, 3.63) is 0 Å². The number of nitrogens with zero attached hydrogens (tertiary/aromatic N) is 1. The summed E-state index contributed by atoms with van der Waals surface area (Å²) in [5.41, 5.74) is 0. The Bertz CT molecular complexity index is 216. The molecule has 0 aliphatic rings. The smallest absolute Gasteiger partial charge is 0.311 e. The summed E-state index contributed by atoms with van der Waals surface area (Å²) in [4.78, 5) is 23.7. The van der Waals surface area contributed by atoms with Crippen LogP contribution in [0.3, 0.4) is 0 Å². The first-order chi connectivity index (χ1) is 7.06. The van der Waals surface area contributed by atoms with E-state index >= 15 is 0 Å². The number of amides is 2. The van der Waals surface area contributed by atoms with Crippen LogP contribution in [0.4, 0.5) is 0 Å². The number of aliphatic hydroxyl groups excluding tert-OH is 2. The van der Waals surface area contributed by atoms with E-state index in [1.54, 1.807) is 6.92 Å². The van der Waals surface area contributed by atoms with E-state index in [4.69, 9.17) is 10.2 Å². The van der Waals surface area contributed by atoms with E-state index in [1.165, 1.54) is 7.05 Å². The third-order valence-electron chi connectivity index (χ3n) is 2.02. The van der Waals surface area contributed by atoms with Gasteiger partial charge in [-0.05, 0) is 6.42 Å². The molecule has 0 bridgehead atoms. The summed E-state index contributed by atoms with van der Waals surface area (Å²) in [6.07, 6.45) is 0.555. The zero-order valence-electron chi connectivity index (χ0n) is 9.06. The molecule has 3 N–H and O–H groups in total. The molecular weight excluding hydrogens is 200 g/mol. The summed E-state index contributed by atoms with van der Waals surface area (Å²) in [7, 11) is 1.43. The molecule has 0 saturated carbocycles. The van der Waals surface area contributed by atoms with Gasteiger partial charge in [0.15, 0.2) is 0 Å². The summed E-state index contributed by atoms with van der Waals surface area (Å²) >= 11 is 0. The summed E-state index contributed by atoms with van der Waals surface area (Å²) in [6.45, 7) is 1.53. The molecule has 0 aromatic carbocycles. The minimum absolute atomic E-state index is 0.113. The predicted octanol–water partition coefficient (Wildman–Crippen LogP) is -1.68. The number of nitrogens with one attached hydrogen (secondary N) is 1. The van der Waals surface area contributed by atoms with Crippen LogP contribution in [0.2, 0.25) is 0 Å². The van der Waals surface area contributed by atoms with Gasteiger partial charge in [0.2, 0.25) is 0 Å². The van der Waals surface area contributed by atoms with Crippen molar-refractivity contribution < 1.29 is 19.8 Å². The van der Waals surface area contributed by atoms with Crippen LogP contribution in [0.25, 0.3) is 0 Å². The van der Waals surface area contributed by atoms with Gasteiger partial charge in [0.25, 0.3) is 0 Å². The maximum Gasteiger partial charge on any atom is 0.311 e. The number of hydrogen-bond acceptors (Lipinski definition) is 4. The maximum absolute atomic E-state index is 11.3. The van der Waals surface area contributed by atoms with E-state index in [-0.39, 0.29) is 19.8 Å². The molecule has 0 heterocycles. The van der Waals surface area contributed by atoms with Crippen LogP contribution in [0.5, 0.6) is 0 Å². The van der Waals surface area contributed by atoms with Gasteiger partial charge in [-0.25, -0.2) is 0 Å². The Kier molecular flexibility index (Phi) is 6.64. The molecular formula is C9H18N2O4. The zero-order chi connectivity index (χ0) is 11.8. The predicted molar refractivity (Wildman–Crippen MR) is 54.0 cm³/mol. The first-order valence-corrected chi connectivity index (χ1v) is 4.84. The molecule has 0 saturated heterocycles. The van der Waals surface area contributed by atoms with Gasteiger partial charge >= 0.3 is 11.8 Å². The van der Waals surface area contributed by atoms with Crippen LogP contribution < -0.4 is 5.32 Å². The first-order valence-electron chi connectivity index (χ1n) is 4.84. The monoisotopic (exact) mass is 218 g/mol. The summed E-state index contributed by atoms with van der Waals surface area (Å²) < 4.78 is 0. The number of carbonyl (C=O) groups excluding carboxylic acids is 2. The van der Waals surface area contributed by atoms with Gasteiger partial charge in [-0.3, -0.25) is 9.59 Å². The fourth-order valence-corrected chi connectivity index (χ4v) is 0.949. The summed E-state index contributed by atoms with van der Waals surface area (Å²) in [5.74, 6) is -1.47. The summed E-state index contributed by atoms with van der Waals surface area (Å²) in [5, 5.41) is 19.8. The maximum atomic E-state index is 11.3. The second-order valence-corrected chi connectivity index (χ2v) is 3.21. The Hall–Kier alpha value is -1.14. The highest BCUT2D eigenvalue weighted by molar-refractivity contribution is 6.35. The van der Waals surface area contributed by atoms with Crippen molar-refractivity contribution in [1.29, 1.82) is 0 Å². The molecule has 6 heteroatoms. The molecule has 1 unspecified atom stereocenters. The molecule has 0 spiro atoms. The molecule has 0 aromatic heterocycles. The first kappa shape index (κ1) is 13.9. The second-order valence-electron chi connectivity index (χ2n) is 3.21. The van der Waals surface area contributed by atoms with Crippen LogP contribution in [0.15, 0.2) is 0 Å². The molecule has 0 fully saturated rings. The average molecular weight is 218 g/mol. The lowest BCUT2D eigenvalue weighted by atomic mass is 10.2. The Morgan fingerprint density at radius 3 is 2.40 bits per heavy atom. The number of aliphatic hydroxyl groups is 2. The normalized spacial score (nSPS) is 12.0. The SMILES string of the molecule is CCC(CO)NC(=O)C(=O)N(C)CCO. The molecule has 2 amide bonds. The third-order valence-corrected chi connectivity index (χ3v) is 2.02. The zero-order valence-corrected chi connectivity index (χ0v) is 9.06. The molecule has 88 valence electrons. The van der Waals surface area contributed by atoms with Crippen molar-refractivity contribution >= 4 is 11.8 Å². The Labute approximate surface area is 88.9 Å². The minimum atomic E-state index is -0.758. The second kappa shape index (κ2) is 7.19. The van der Waals surface area contributed by atoms with Gasteiger partial charge < -0.3 is 20.4 Å².